The molecule has 3 N–H and O–H groups in total. The van der Waals surface area contributed by atoms with Crippen LogP contribution in [-0.2, 0) is 16.6 Å². The molecule has 0 saturated heterocycles. The Bertz CT molecular complexity index is 1150. The molecular weight excluding hydrogens is 539 g/mol. The molecule has 0 aliphatic rings. The predicted octanol–water partition coefficient (Wildman–Crippen LogP) is 2.75. The van der Waals surface area contributed by atoms with E-state index in [2.05, 4.69) is 25.4 Å². The van der Waals surface area contributed by atoms with Crippen LogP contribution in [0.25, 0.3) is 5.69 Å². The number of sulfonamides is 1. The second-order valence-corrected chi connectivity index (χ2v) is 8.80. The molecule has 1 aromatic heterocycles. The lowest BCUT2D eigenvalue weighted by Crippen LogP contribution is -2.41. The van der Waals surface area contributed by atoms with Gasteiger partial charge in [-0.1, -0.05) is 36.4 Å². The van der Waals surface area contributed by atoms with Crippen LogP contribution < -0.4 is 15.4 Å². The normalized spacial score (nSPS) is 11.7. The summed E-state index contributed by atoms with van der Waals surface area (Å²) in [5.41, 5.74) is 4.11. The van der Waals surface area contributed by atoms with Crippen LogP contribution in [0.4, 0.5) is 0 Å². The molecule has 0 atom stereocenters. The number of benzene rings is 2. The summed E-state index contributed by atoms with van der Waals surface area (Å²) >= 11 is 0. The summed E-state index contributed by atoms with van der Waals surface area (Å²) < 4.78 is 29.0. The third-order valence-electron chi connectivity index (χ3n) is 4.66. The van der Waals surface area contributed by atoms with E-state index in [1.54, 1.807) is 37.4 Å². The van der Waals surface area contributed by atoms with E-state index in [9.17, 15) is 8.42 Å². The van der Waals surface area contributed by atoms with Crippen molar-refractivity contribution in [3.63, 3.8) is 0 Å². The first-order valence-electron chi connectivity index (χ1n) is 10.0. The zero-order valence-electron chi connectivity index (χ0n) is 18.4. The Morgan fingerprint density at radius 1 is 1.00 bits per heavy atom. The van der Waals surface area contributed by atoms with E-state index < -0.39 is 10.0 Å². The summed E-state index contributed by atoms with van der Waals surface area (Å²) in [6.07, 6.45) is 0. The van der Waals surface area contributed by atoms with Gasteiger partial charge in [0, 0.05) is 32.4 Å². The largest absolute Gasteiger partial charge is 0.355 e. The topological polar surface area (TPSA) is 100 Å². The molecule has 0 fully saturated rings. The van der Waals surface area contributed by atoms with Gasteiger partial charge in [0.2, 0.25) is 10.0 Å². The van der Waals surface area contributed by atoms with Crippen molar-refractivity contribution in [3.8, 4) is 5.69 Å². The van der Waals surface area contributed by atoms with E-state index in [0.29, 0.717) is 19.0 Å². The number of rotatable bonds is 8. The molecule has 32 heavy (non-hydrogen) atoms. The number of hydrogen-bond donors (Lipinski definition) is 3. The lowest BCUT2D eigenvalue weighted by Gasteiger charge is -2.15. The lowest BCUT2D eigenvalue weighted by atomic mass is 10.1. The Morgan fingerprint density at radius 2 is 1.69 bits per heavy atom. The van der Waals surface area contributed by atoms with Gasteiger partial charge >= 0.3 is 0 Å². The van der Waals surface area contributed by atoms with E-state index in [0.717, 1.165) is 22.6 Å². The average Bonchev–Trinajstić information content (AvgIpc) is 3.11. The van der Waals surface area contributed by atoms with Crippen molar-refractivity contribution in [1.82, 2.24) is 25.1 Å². The second-order valence-electron chi connectivity index (χ2n) is 7.03. The highest BCUT2D eigenvalue weighted by Gasteiger charge is 2.12. The average molecular weight is 568 g/mol. The van der Waals surface area contributed by atoms with Crippen molar-refractivity contribution in [1.29, 1.82) is 0 Å². The minimum absolute atomic E-state index is 0. The molecule has 0 spiro atoms. The van der Waals surface area contributed by atoms with Crippen LogP contribution in [0, 0.1) is 13.8 Å². The first-order chi connectivity index (χ1) is 14.9. The van der Waals surface area contributed by atoms with Gasteiger partial charge in [0.25, 0.3) is 0 Å². The van der Waals surface area contributed by atoms with Crippen LogP contribution in [0.3, 0.4) is 0 Å². The van der Waals surface area contributed by atoms with Crippen molar-refractivity contribution in [3.05, 3.63) is 77.6 Å². The number of para-hydroxylation sites is 1. The van der Waals surface area contributed by atoms with Gasteiger partial charge in [-0.3, -0.25) is 4.99 Å². The van der Waals surface area contributed by atoms with Crippen LogP contribution in [0.5, 0.6) is 0 Å². The Hall–Kier alpha value is -2.44. The number of halogens is 1. The fraction of sp³-hybridized carbons (Fsp3) is 0.273. The molecule has 172 valence electrons. The number of aliphatic imine (C=N–C) groups is 1. The van der Waals surface area contributed by atoms with Crippen molar-refractivity contribution >= 4 is 40.0 Å². The number of aromatic nitrogens is 2. The summed E-state index contributed by atoms with van der Waals surface area (Å²) in [5, 5.41) is 11.0. The minimum Gasteiger partial charge on any atom is -0.355 e. The van der Waals surface area contributed by atoms with Gasteiger partial charge in [0.1, 0.15) is 0 Å². The Balaban J connectivity index is 0.00000363. The molecule has 1 heterocycles. The zero-order chi connectivity index (χ0) is 22.3. The van der Waals surface area contributed by atoms with Crippen molar-refractivity contribution in [2.45, 2.75) is 25.3 Å². The van der Waals surface area contributed by atoms with E-state index in [4.69, 9.17) is 0 Å². The third kappa shape index (κ3) is 6.78. The van der Waals surface area contributed by atoms with Gasteiger partial charge < -0.3 is 10.6 Å². The molecule has 0 amide bonds. The number of nitrogens with one attached hydrogen (secondary N) is 3. The van der Waals surface area contributed by atoms with Gasteiger partial charge in [-0.2, -0.15) is 5.10 Å². The molecule has 0 unspecified atom stereocenters. The van der Waals surface area contributed by atoms with Crippen LogP contribution in [0.15, 0.2) is 70.6 Å². The molecule has 3 aromatic rings. The van der Waals surface area contributed by atoms with Crippen LogP contribution in [-0.4, -0.2) is 44.3 Å². The molecule has 8 nitrogen and oxygen atoms in total. The van der Waals surface area contributed by atoms with E-state index in [-0.39, 0.29) is 35.4 Å². The monoisotopic (exact) mass is 568 g/mol. The van der Waals surface area contributed by atoms with Crippen LogP contribution >= 0.6 is 24.0 Å². The molecule has 10 heteroatoms. The van der Waals surface area contributed by atoms with Gasteiger partial charge in [-0.05, 0) is 43.7 Å². The van der Waals surface area contributed by atoms with E-state index in [1.807, 2.05) is 48.9 Å². The highest BCUT2D eigenvalue weighted by Crippen LogP contribution is 2.16. The maximum atomic E-state index is 12.3. The zero-order valence-corrected chi connectivity index (χ0v) is 21.5. The number of guanidine groups is 1. The maximum absolute atomic E-state index is 12.3. The SMILES string of the molecule is CN=C(NCCNS(=O)(=O)c1ccccc1)NCc1ccccc1-n1nc(C)cc1C.I. The first-order valence-corrected chi connectivity index (χ1v) is 11.5. The number of aryl methyl sites for hydroxylation is 2. The van der Waals surface area contributed by atoms with Gasteiger partial charge in [-0.25, -0.2) is 17.8 Å². The van der Waals surface area contributed by atoms with Crippen molar-refractivity contribution in [2.75, 3.05) is 20.1 Å². The minimum atomic E-state index is -3.52. The van der Waals surface area contributed by atoms with Crippen LogP contribution in [0.2, 0.25) is 0 Å². The molecule has 0 saturated carbocycles. The molecule has 2 aromatic carbocycles. The first kappa shape index (κ1) is 25.8. The Labute approximate surface area is 206 Å². The highest BCUT2D eigenvalue weighted by atomic mass is 127. The number of nitrogens with zero attached hydrogens (tertiary/aromatic N) is 3. The molecular formula is C22H29IN6O2S. The van der Waals surface area contributed by atoms with Gasteiger partial charge in [0.05, 0.1) is 16.3 Å². The van der Waals surface area contributed by atoms with E-state index in [1.165, 1.54) is 0 Å². The summed E-state index contributed by atoms with van der Waals surface area (Å²) in [6, 6.07) is 18.4. The summed E-state index contributed by atoms with van der Waals surface area (Å²) in [5.74, 6) is 0.585. The fourth-order valence-electron chi connectivity index (χ4n) is 3.19. The quantitative estimate of drug-likeness (QED) is 0.168. The lowest BCUT2D eigenvalue weighted by molar-refractivity contribution is 0.580. The molecule has 0 radical (unpaired) electrons. The maximum Gasteiger partial charge on any atom is 0.240 e. The Kier molecular flexibility index (Phi) is 9.66. The van der Waals surface area contributed by atoms with Gasteiger partial charge in [-0.15, -0.1) is 24.0 Å². The third-order valence-corrected chi connectivity index (χ3v) is 6.14. The van der Waals surface area contributed by atoms with Gasteiger partial charge in [0.15, 0.2) is 5.96 Å². The summed E-state index contributed by atoms with van der Waals surface area (Å²) in [6.45, 7) is 5.18. The molecule has 0 aliphatic carbocycles. The smallest absolute Gasteiger partial charge is 0.240 e. The van der Waals surface area contributed by atoms with Crippen LogP contribution in [0.1, 0.15) is 17.0 Å². The number of hydrogen-bond acceptors (Lipinski definition) is 4. The van der Waals surface area contributed by atoms with Crippen molar-refractivity contribution in [2.24, 2.45) is 4.99 Å². The summed E-state index contributed by atoms with van der Waals surface area (Å²) in [7, 11) is -1.84. The van der Waals surface area contributed by atoms with E-state index >= 15 is 0 Å². The second kappa shape index (κ2) is 12.0. The molecule has 0 aliphatic heterocycles. The summed E-state index contributed by atoms with van der Waals surface area (Å²) in [4.78, 5) is 4.46. The Morgan fingerprint density at radius 3 is 2.34 bits per heavy atom. The molecule has 0 bridgehead atoms. The molecule has 3 rings (SSSR count). The predicted molar refractivity (Wildman–Crippen MR) is 138 cm³/mol. The van der Waals surface area contributed by atoms with Crippen molar-refractivity contribution < 1.29 is 8.42 Å². The fourth-order valence-corrected chi connectivity index (χ4v) is 4.24. The standard InChI is InChI=1S/C22H28N6O2S.HI/c1-17-15-18(2)28(27-17)21-12-8-7-9-19(21)16-25-22(23-3)24-13-14-26-31(29,30)20-10-5-4-6-11-20;/h4-12,15,26H,13-14,16H2,1-3H3,(H2,23,24,25);1H. The highest BCUT2D eigenvalue weighted by molar-refractivity contribution is 14.0.